The number of fused-ring (bicyclic) bond motifs is 2. The molecule has 2 heterocycles. The zero-order valence-corrected chi connectivity index (χ0v) is 18.2. The zero-order chi connectivity index (χ0) is 21.3. The second-order valence-electron chi connectivity index (χ2n) is 7.19. The lowest BCUT2D eigenvalue weighted by atomic mass is 10.2. The molecule has 0 N–H and O–H groups in total. The van der Waals surface area contributed by atoms with E-state index in [1.165, 1.54) is 17.3 Å². The van der Waals surface area contributed by atoms with Gasteiger partial charge in [0, 0.05) is 18.8 Å². The molecule has 0 unspecified atom stereocenters. The molecule has 0 fully saturated rings. The number of benzene rings is 2. The van der Waals surface area contributed by atoms with Gasteiger partial charge in [0.15, 0.2) is 5.16 Å². The number of imidazole rings is 1. The van der Waals surface area contributed by atoms with Gasteiger partial charge in [-0.15, -0.1) is 0 Å². The van der Waals surface area contributed by atoms with E-state index in [4.69, 9.17) is 9.72 Å². The molecule has 7 heteroatoms. The molecule has 1 atom stereocenters. The van der Waals surface area contributed by atoms with Gasteiger partial charge in [-0.05, 0) is 57.0 Å². The smallest absolute Gasteiger partial charge is 0.338 e. The van der Waals surface area contributed by atoms with Gasteiger partial charge in [0.05, 0.1) is 28.5 Å². The van der Waals surface area contributed by atoms with Crippen molar-refractivity contribution in [3.05, 3.63) is 53.6 Å². The average Bonchev–Trinajstić information content (AvgIpc) is 3.33. The van der Waals surface area contributed by atoms with Gasteiger partial charge >= 0.3 is 5.97 Å². The quantitative estimate of drug-likeness (QED) is 0.437. The fourth-order valence-electron chi connectivity index (χ4n) is 3.84. The van der Waals surface area contributed by atoms with Crippen LogP contribution in [0.4, 0.5) is 5.69 Å². The first kappa shape index (κ1) is 20.5. The first-order chi connectivity index (χ1) is 14.5. The number of hydrogen-bond acceptors (Lipinski definition) is 5. The molecule has 0 radical (unpaired) electrons. The minimum atomic E-state index is -0.351. The van der Waals surface area contributed by atoms with Crippen molar-refractivity contribution >= 4 is 40.4 Å². The molecule has 1 aromatic heterocycles. The SMILES string of the molecule is CCOC(=O)c1ccc2c(c1)nc(S[C@@H](C)C(=O)N1CCc3ccccc31)n2CC. The van der Waals surface area contributed by atoms with Crippen LogP contribution in [-0.2, 0) is 22.5 Å². The highest BCUT2D eigenvalue weighted by molar-refractivity contribution is 8.00. The number of carbonyl (C=O) groups is 2. The van der Waals surface area contributed by atoms with Crippen molar-refractivity contribution in [3.63, 3.8) is 0 Å². The van der Waals surface area contributed by atoms with Crippen molar-refractivity contribution in [2.45, 2.75) is 44.1 Å². The summed E-state index contributed by atoms with van der Waals surface area (Å²) in [6, 6.07) is 13.5. The van der Waals surface area contributed by atoms with Crippen LogP contribution < -0.4 is 4.90 Å². The van der Waals surface area contributed by atoms with E-state index in [9.17, 15) is 9.59 Å². The number of amides is 1. The van der Waals surface area contributed by atoms with Gasteiger partial charge < -0.3 is 14.2 Å². The normalized spacial score (nSPS) is 14.0. The molecule has 0 spiro atoms. The maximum atomic E-state index is 13.1. The molecule has 1 amide bonds. The number of ether oxygens (including phenoxy) is 1. The Bertz CT molecular complexity index is 1110. The molecule has 0 saturated heterocycles. The summed E-state index contributed by atoms with van der Waals surface area (Å²) in [7, 11) is 0. The van der Waals surface area contributed by atoms with Crippen LogP contribution in [0.15, 0.2) is 47.6 Å². The summed E-state index contributed by atoms with van der Waals surface area (Å²) in [5.74, 6) is -0.261. The number of rotatable bonds is 6. The minimum Gasteiger partial charge on any atom is -0.462 e. The van der Waals surface area contributed by atoms with E-state index in [0.29, 0.717) is 12.2 Å². The lowest BCUT2D eigenvalue weighted by Gasteiger charge is -2.21. The van der Waals surface area contributed by atoms with Gasteiger partial charge in [-0.1, -0.05) is 30.0 Å². The monoisotopic (exact) mass is 423 g/mol. The largest absolute Gasteiger partial charge is 0.462 e. The maximum absolute atomic E-state index is 13.1. The summed E-state index contributed by atoms with van der Waals surface area (Å²) >= 11 is 1.46. The molecule has 0 bridgehead atoms. The number of nitrogens with zero attached hydrogens (tertiary/aromatic N) is 3. The number of aromatic nitrogens is 2. The van der Waals surface area contributed by atoms with Crippen molar-refractivity contribution in [3.8, 4) is 0 Å². The van der Waals surface area contributed by atoms with Crippen LogP contribution in [0.25, 0.3) is 11.0 Å². The average molecular weight is 424 g/mol. The van der Waals surface area contributed by atoms with Crippen LogP contribution in [0.1, 0.15) is 36.7 Å². The summed E-state index contributed by atoms with van der Waals surface area (Å²) in [6.07, 6.45) is 0.892. The Labute approximate surface area is 180 Å². The second-order valence-corrected chi connectivity index (χ2v) is 8.50. The molecule has 2 aromatic carbocycles. The van der Waals surface area contributed by atoms with Crippen LogP contribution in [0.5, 0.6) is 0 Å². The Morgan fingerprint density at radius 1 is 1.20 bits per heavy atom. The summed E-state index contributed by atoms with van der Waals surface area (Å²) in [5, 5.41) is 0.504. The number of anilines is 1. The fraction of sp³-hybridized carbons (Fsp3) is 0.348. The number of carbonyl (C=O) groups excluding carboxylic acids is 2. The van der Waals surface area contributed by atoms with Crippen molar-refractivity contribution in [2.24, 2.45) is 0 Å². The van der Waals surface area contributed by atoms with E-state index in [2.05, 4.69) is 10.6 Å². The maximum Gasteiger partial charge on any atom is 0.338 e. The molecule has 1 aliphatic rings. The molecule has 30 heavy (non-hydrogen) atoms. The second kappa shape index (κ2) is 8.52. The van der Waals surface area contributed by atoms with E-state index >= 15 is 0 Å². The van der Waals surface area contributed by atoms with E-state index in [1.54, 1.807) is 19.1 Å². The predicted octanol–water partition coefficient (Wildman–Crippen LogP) is 4.30. The topological polar surface area (TPSA) is 64.4 Å². The van der Waals surface area contributed by atoms with Gasteiger partial charge in [0.1, 0.15) is 0 Å². The van der Waals surface area contributed by atoms with E-state index < -0.39 is 0 Å². The third kappa shape index (κ3) is 3.69. The number of hydrogen-bond donors (Lipinski definition) is 0. The van der Waals surface area contributed by atoms with Gasteiger partial charge in [-0.2, -0.15) is 0 Å². The summed E-state index contributed by atoms with van der Waals surface area (Å²) in [6.45, 7) is 7.54. The third-order valence-electron chi connectivity index (χ3n) is 5.32. The molecule has 4 rings (SSSR count). The number of aryl methyl sites for hydroxylation is 1. The highest BCUT2D eigenvalue weighted by Crippen LogP contribution is 2.33. The molecule has 6 nitrogen and oxygen atoms in total. The Morgan fingerprint density at radius 2 is 2.00 bits per heavy atom. The van der Waals surface area contributed by atoms with Crippen molar-refractivity contribution in [1.29, 1.82) is 0 Å². The van der Waals surface area contributed by atoms with Crippen molar-refractivity contribution in [1.82, 2.24) is 9.55 Å². The first-order valence-electron chi connectivity index (χ1n) is 10.3. The molecule has 3 aromatic rings. The van der Waals surface area contributed by atoms with Crippen LogP contribution in [0, 0.1) is 0 Å². The van der Waals surface area contributed by atoms with Crippen LogP contribution in [-0.4, -0.2) is 39.8 Å². The summed E-state index contributed by atoms with van der Waals surface area (Å²) in [5.41, 5.74) is 4.39. The van der Waals surface area contributed by atoms with Gasteiger partial charge in [-0.25, -0.2) is 9.78 Å². The fourth-order valence-corrected chi connectivity index (χ4v) is 4.89. The Hall–Kier alpha value is -2.80. The standard InChI is InChI=1S/C23H25N3O3S/c1-4-25-20-11-10-17(22(28)29-5-2)14-18(20)24-23(25)30-15(3)21(27)26-13-12-16-8-6-7-9-19(16)26/h6-11,14-15H,4-5,12-13H2,1-3H3/t15-/m0/s1. The molecule has 0 aliphatic carbocycles. The molecule has 0 saturated carbocycles. The first-order valence-corrected chi connectivity index (χ1v) is 11.1. The van der Waals surface area contributed by atoms with Crippen LogP contribution in [0.2, 0.25) is 0 Å². The number of para-hydroxylation sites is 1. The molecule has 1 aliphatic heterocycles. The van der Waals surface area contributed by atoms with Gasteiger partial charge in [-0.3, -0.25) is 4.79 Å². The number of thioether (sulfide) groups is 1. The highest BCUT2D eigenvalue weighted by Gasteiger charge is 2.29. The molecule has 156 valence electrons. The van der Waals surface area contributed by atoms with Crippen molar-refractivity contribution in [2.75, 3.05) is 18.1 Å². The lowest BCUT2D eigenvalue weighted by Crippen LogP contribution is -2.35. The summed E-state index contributed by atoms with van der Waals surface area (Å²) in [4.78, 5) is 31.8. The van der Waals surface area contributed by atoms with E-state index in [0.717, 1.165) is 41.4 Å². The van der Waals surface area contributed by atoms with E-state index in [1.807, 2.05) is 43.0 Å². The predicted molar refractivity (Wildman–Crippen MR) is 119 cm³/mol. The van der Waals surface area contributed by atoms with Crippen molar-refractivity contribution < 1.29 is 14.3 Å². The lowest BCUT2D eigenvalue weighted by molar-refractivity contribution is -0.117. The van der Waals surface area contributed by atoms with E-state index in [-0.39, 0.29) is 17.1 Å². The third-order valence-corrected chi connectivity index (χ3v) is 6.40. The highest BCUT2D eigenvalue weighted by atomic mass is 32.2. The zero-order valence-electron chi connectivity index (χ0n) is 17.4. The Balaban J connectivity index is 1.58. The Morgan fingerprint density at radius 3 is 2.77 bits per heavy atom. The van der Waals surface area contributed by atoms with Gasteiger partial charge in [0.25, 0.3) is 0 Å². The van der Waals surface area contributed by atoms with Crippen LogP contribution in [0.3, 0.4) is 0 Å². The molecular weight excluding hydrogens is 398 g/mol. The number of esters is 1. The summed E-state index contributed by atoms with van der Waals surface area (Å²) < 4.78 is 7.17. The minimum absolute atomic E-state index is 0.0897. The molecular formula is C23H25N3O3S. The Kier molecular flexibility index (Phi) is 5.81. The van der Waals surface area contributed by atoms with Gasteiger partial charge in [0.2, 0.25) is 5.91 Å². The van der Waals surface area contributed by atoms with Crippen LogP contribution >= 0.6 is 11.8 Å².